The largest absolute Gasteiger partial charge is 0.478 e. The van der Waals surface area contributed by atoms with Crippen LogP contribution in [0.2, 0.25) is 0 Å². The van der Waals surface area contributed by atoms with Gasteiger partial charge in [0.2, 0.25) is 11.8 Å². The van der Waals surface area contributed by atoms with Crippen LogP contribution in [0, 0.1) is 0 Å². The Morgan fingerprint density at radius 3 is 2.90 bits per heavy atom. The average molecular weight is 292 g/mol. The van der Waals surface area contributed by atoms with Gasteiger partial charge in [-0.05, 0) is 25.3 Å². The number of carboxylic acids is 1. The number of carboxylic acid groups (broad SMARTS) is 1. The molecule has 2 saturated heterocycles. The fraction of sp³-hybridized carbons (Fsp3) is 0.500. The van der Waals surface area contributed by atoms with E-state index in [1.54, 1.807) is 4.90 Å². The Morgan fingerprint density at radius 2 is 2.19 bits per heavy atom. The molecule has 1 aromatic heterocycles. The Morgan fingerprint density at radius 1 is 1.38 bits per heavy atom. The number of hydrogen-bond donors (Lipinski definition) is 1. The Hall–Kier alpha value is -2.31. The number of carbonyl (C=O) groups is 3. The molecule has 1 atom stereocenters. The van der Waals surface area contributed by atoms with Crippen molar-refractivity contribution < 1.29 is 23.9 Å². The topological polar surface area (TPSA) is 91.1 Å². The van der Waals surface area contributed by atoms with E-state index in [2.05, 4.69) is 0 Å². The first-order valence-corrected chi connectivity index (χ1v) is 6.95. The molecule has 112 valence electrons. The molecule has 0 aromatic carbocycles. The van der Waals surface area contributed by atoms with Crippen molar-refractivity contribution >= 4 is 17.8 Å². The van der Waals surface area contributed by atoms with Gasteiger partial charge in [-0.15, -0.1) is 0 Å². The zero-order chi connectivity index (χ0) is 15.0. The lowest BCUT2D eigenvalue weighted by molar-refractivity contribution is -0.158. The molecule has 2 aliphatic heterocycles. The summed E-state index contributed by atoms with van der Waals surface area (Å²) in [5, 5.41) is 8.85. The number of aromatic carboxylic acids is 1. The van der Waals surface area contributed by atoms with E-state index in [1.165, 1.54) is 11.0 Å². The number of hydrogen-bond acceptors (Lipinski definition) is 4. The third-order valence-electron chi connectivity index (χ3n) is 3.99. The van der Waals surface area contributed by atoms with Gasteiger partial charge >= 0.3 is 5.97 Å². The molecule has 1 aromatic rings. The second kappa shape index (κ2) is 5.23. The van der Waals surface area contributed by atoms with Crippen molar-refractivity contribution in [3.63, 3.8) is 0 Å². The quantitative estimate of drug-likeness (QED) is 0.885. The zero-order valence-electron chi connectivity index (χ0n) is 11.4. The van der Waals surface area contributed by atoms with Crippen molar-refractivity contribution in [3.05, 3.63) is 23.7 Å². The maximum atomic E-state index is 12.4. The van der Waals surface area contributed by atoms with E-state index in [0.29, 0.717) is 18.7 Å². The molecule has 2 aliphatic rings. The SMILES string of the molecule is O=C(O)c1coc(CN2CC(=O)N3CCCCC3C2=O)c1. The summed E-state index contributed by atoms with van der Waals surface area (Å²) in [4.78, 5) is 38.4. The highest BCUT2D eigenvalue weighted by molar-refractivity contribution is 5.95. The second-order valence-electron chi connectivity index (χ2n) is 5.40. The minimum absolute atomic E-state index is 0.0262. The molecule has 0 spiro atoms. The van der Waals surface area contributed by atoms with Crippen molar-refractivity contribution in [1.82, 2.24) is 9.80 Å². The van der Waals surface area contributed by atoms with Crippen LogP contribution in [0.15, 0.2) is 16.7 Å². The number of piperazine rings is 1. The van der Waals surface area contributed by atoms with Gasteiger partial charge in [0.25, 0.3) is 0 Å². The van der Waals surface area contributed by atoms with E-state index in [4.69, 9.17) is 9.52 Å². The van der Waals surface area contributed by atoms with E-state index in [-0.39, 0.29) is 36.5 Å². The van der Waals surface area contributed by atoms with Crippen LogP contribution >= 0.6 is 0 Å². The standard InChI is InChI=1S/C14H16N2O5/c17-12-7-15(6-10-5-9(8-21-10)14(19)20)13(18)11-3-1-2-4-16(11)12/h5,8,11H,1-4,6-7H2,(H,19,20). The molecule has 1 N–H and O–H groups in total. The smallest absolute Gasteiger partial charge is 0.338 e. The van der Waals surface area contributed by atoms with Gasteiger partial charge in [0.15, 0.2) is 0 Å². The lowest BCUT2D eigenvalue weighted by Gasteiger charge is -2.42. The highest BCUT2D eigenvalue weighted by atomic mass is 16.4. The maximum Gasteiger partial charge on any atom is 0.338 e. The molecule has 3 rings (SSSR count). The molecule has 21 heavy (non-hydrogen) atoms. The molecule has 7 nitrogen and oxygen atoms in total. The summed E-state index contributed by atoms with van der Waals surface area (Å²) >= 11 is 0. The zero-order valence-corrected chi connectivity index (χ0v) is 11.4. The number of rotatable bonds is 3. The van der Waals surface area contributed by atoms with Crippen molar-refractivity contribution in [1.29, 1.82) is 0 Å². The number of nitrogens with zero attached hydrogens (tertiary/aromatic N) is 2. The second-order valence-corrected chi connectivity index (χ2v) is 5.40. The highest BCUT2D eigenvalue weighted by Crippen LogP contribution is 2.24. The summed E-state index contributed by atoms with van der Waals surface area (Å²) in [6.45, 7) is 0.799. The van der Waals surface area contributed by atoms with E-state index in [1.807, 2.05) is 0 Å². The Balaban J connectivity index is 1.74. The average Bonchev–Trinajstić information content (AvgIpc) is 2.93. The maximum absolute atomic E-state index is 12.4. The van der Waals surface area contributed by atoms with Crippen molar-refractivity contribution in [2.75, 3.05) is 13.1 Å². The minimum atomic E-state index is -1.08. The van der Waals surface area contributed by atoms with E-state index < -0.39 is 5.97 Å². The van der Waals surface area contributed by atoms with Crippen LogP contribution in [0.3, 0.4) is 0 Å². The normalized spacial score (nSPS) is 22.4. The van der Waals surface area contributed by atoms with Crippen molar-refractivity contribution in [2.24, 2.45) is 0 Å². The van der Waals surface area contributed by atoms with Gasteiger partial charge < -0.3 is 19.3 Å². The summed E-state index contributed by atoms with van der Waals surface area (Å²) in [6.07, 6.45) is 3.72. The first-order valence-electron chi connectivity index (χ1n) is 6.95. The molecule has 3 heterocycles. The molecule has 7 heteroatoms. The fourth-order valence-electron chi connectivity index (χ4n) is 2.93. The van der Waals surface area contributed by atoms with Gasteiger partial charge in [-0.1, -0.05) is 0 Å². The fourth-order valence-corrected chi connectivity index (χ4v) is 2.93. The monoisotopic (exact) mass is 292 g/mol. The number of piperidine rings is 1. The van der Waals surface area contributed by atoms with E-state index in [9.17, 15) is 14.4 Å². The Kier molecular flexibility index (Phi) is 3.40. The predicted octanol–water partition coefficient (Wildman–Crippen LogP) is 0.701. The van der Waals surface area contributed by atoms with Gasteiger partial charge in [0.05, 0.1) is 12.1 Å². The summed E-state index contributed by atoms with van der Waals surface area (Å²) in [5.41, 5.74) is 0.0417. The lowest BCUT2D eigenvalue weighted by atomic mass is 9.98. The van der Waals surface area contributed by atoms with Crippen LogP contribution < -0.4 is 0 Å². The van der Waals surface area contributed by atoms with Gasteiger partial charge in [0, 0.05) is 6.54 Å². The summed E-state index contributed by atoms with van der Waals surface area (Å²) < 4.78 is 5.15. The van der Waals surface area contributed by atoms with Crippen LogP contribution in [-0.4, -0.2) is 51.8 Å². The molecule has 0 aliphatic carbocycles. The van der Waals surface area contributed by atoms with Crippen LogP contribution in [0.25, 0.3) is 0 Å². The Labute approximate surface area is 121 Å². The number of fused-ring (bicyclic) bond motifs is 1. The lowest BCUT2D eigenvalue weighted by Crippen LogP contribution is -2.60. The molecule has 0 radical (unpaired) electrons. The van der Waals surface area contributed by atoms with Crippen molar-refractivity contribution in [3.8, 4) is 0 Å². The molecule has 0 saturated carbocycles. The van der Waals surface area contributed by atoms with Crippen molar-refractivity contribution in [2.45, 2.75) is 31.8 Å². The van der Waals surface area contributed by atoms with Gasteiger partial charge in [-0.3, -0.25) is 9.59 Å². The molecule has 1 unspecified atom stereocenters. The first-order chi connectivity index (χ1) is 10.1. The molecular weight excluding hydrogens is 276 g/mol. The molecule has 2 amide bonds. The van der Waals surface area contributed by atoms with Gasteiger partial charge in [-0.25, -0.2) is 4.79 Å². The predicted molar refractivity (Wildman–Crippen MR) is 70.4 cm³/mol. The number of amides is 2. The van der Waals surface area contributed by atoms with E-state index >= 15 is 0 Å². The first kappa shape index (κ1) is 13.7. The van der Waals surface area contributed by atoms with Crippen LogP contribution in [-0.2, 0) is 16.1 Å². The van der Waals surface area contributed by atoms with Crippen LogP contribution in [0.4, 0.5) is 0 Å². The summed E-state index contributed by atoms with van der Waals surface area (Å²) in [6, 6.07) is 1.02. The number of furan rings is 1. The third kappa shape index (κ3) is 2.51. The number of carbonyl (C=O) groups excluding carboxylic acids is 2. The van der Waals surface area contributed by atoms with Crippen LogP contribution in [0.5, 0.6) is 0 Å². The molecule has 0 bridgehead atoms. The Bertz CT molecular complexity index is 594. The third-order valence-corrected chi connectivity index (χ3v) is 3.99. The summed E-state index contributed by atoms with van der Waals surface area (Å²) in [7, 11) is 0. The van der Waals surface area contributed by atoms with Crippen LogP contribution in [0.1, 0.15) is 35.4 Å². The summed E-state index contributed by atoms with van der Waals surface area (Å²) in [5.74, 6) is -0.839. The minimum Gasteiger partial charge on any atom is -0.478 e. The molecule has 2 fully saturated rings. The van der Waals surface area contributed by atoms with Gasteiger partial charge in [-0.2, -0.15) is 0 Å². The highest BCUT2D eigenvalue weighted by Gasteiger charge is 2.40. The van der Waals surface area contributed by atoms with Gasteiger partial charge in [0.1, 0.15) is 24.6 Å². The molecular formula is C14H16N2O5. The van der Waals surface area contributed by atoms with E-state index in [0.717, 1.165) is 19.1 Å².